The van der Waals surface area contributed by atoms with Gasteiger partial charge in [-0.2, -0.15) is 5.26 Å². The minimum Gasteiger partial charge on any atom is -0.339 e. The molecule has 0 radical (unpaired) electrons. The summed E-state index contributed by atoms with van der Waals surface area (Å²) in [4.78, 5) is 30.6. The summed E-state index contributed by atoms with van der Waals surface area (Å²) in [6.07, 6.45) is 4.72. The van der Waals surface area contributed by atoms with Gasteiger partial charge in [-0.25, -0.2) is 9.50 Å². The van der Waals surface area contributed by atoms with Crippen molar-refractivity contribution in [3.05, 3.63) is 40.8 Å². The van der Waals surface area contributed by atoms with Gasteiger partial charge in [0, 0.05) is 25.2 Å². The predicted octanol–water partition coefficient (Wildman–Crippen LogP) is 2.91. The number of fused-ring (bicyclic) bond motifs is 1. The van der Waals surface area contributed by atoms with Gasteiger partial charge in [0.15, 0.2) is 11.4 Å². The molecule has 7 nitrogen and oxygen atoms in total. The zero-order chi connectivity index (χ0) is 19.8. The number of hydrogen-bond donors (Lipinski definition) is 0. The SMILES string of the molecule is CN(CCC1C=C(C#N)C(=O)C(C)(C)C1)C(=O)c1nc2c(Cl)cccn2n1. The fourth-order valence-corrected chi connectivity index (χ4v) is 3.55. The van der Waals surface area contributed by atoms with Crippen LogP contribution in [0.3, 0.4) is 0 Å². The molecule has 1 atom stereocenters. The van der Waals surface area contributed by atoms with E-state index >= 15 is 0 Å². The van der Waals surface area contributed by atoms with Gasteiger partial charge in [0.1, 0.15) is 6.07 Å². The van der Waals surface area contributed by atoms with Crippen molar-refractivity contribution in [3.63, 3.8) is 0 Å². The molecular formula is C19H20ClN5O2. The van der Waals surface area contributed by atoms with Gasteiger partial charge in [0.25, 0.3) is 5.91 Å². The van der Waals surface area contributed by atoms with Gasteiger partial charge in [-0.15, -0.1) is 5.10 Å². The molecule has 0 aromatic carbocycles. The molecule has 0 aliphatic heterocycles. The molecule has 140 valence electrons. The van der Waals surface area contributed by atoms with Crippen molar-refractivity contribution in [2.75, 3.05) is 13.6 Å². The first kappa shape index (κ1) is 19.1. The van der Waals surface area contributed by atoms with E-state index in [1.807, 2.05) is 19.9 Å². The lowest BCUT2D eigenvalue weighted by Gasteiger charge is -2.32. The van der Waals surface area contributed by atoms with Crippen molar-refractivity contribution in [3.8, 4) is 6.07 Å². The second-order valence-corrected chi connectivity index (χ2v) is 7.85. The maximum atomic E-state index is 12.6. The Bertz CT molecular complexity index is 986. The summed E-state index contributed by atoms with van der Waals surface area (Å²) in [6, 6.07) is 5.41. The van der Waals surface area contributed by atoms with E-state index in [9.17, 15) is 14.9 Å². The van der Waals surface area contributed by atoms with E-state index in [1.54, 1.807) is 36.4 Å². The summed E-state index contributed by atoms with van der Waals surface area (Å²) >= 11 is 6.07. The van der Waals surface area contributed by atoms with Crippen LogP contribution in [0.4, 0.5) is 0 Å². The molecule has 27 heavy (non-hydrogen) atoms. The highest BCUT2D eigenvalue weighted by molar-refractivity contribution is 6.33. The number of aromatic nitrogens is 3. The van der Waals surface area contributed by atoms with Crippen molar-refractivity contribution in [1.82, 2.24) is 19.5 Å². The normalized spacial score (nSPS) is 18.9. The van der Waals surface area contributed by atoms with E-state index in [-0.39, 0.29) is 29.0 Å². The zero-order valence-corrected chi connectivity index (χ0v) is 16.2. The van der Waals surface area contributed by atoms with E-state index < -0.39 is 5.41 Å². The number of Topliss-reactive ketones (excluding diaryl/α,β-unsaturated/α-hetero) is 1. The number of nitrogens with zero attached hydrogens (tertiary/aromatic N) is 5. The predicted molar refractivity (Wildman–Crippen MR) is 100 cm³/mol. The van der Waals surface area contributed by atoms with Crippen molar-refractivity contribution in [2.45, 2.75) is 26.7 Å². The van der Waals surface area contributed by atoms with Crippen LogP contribution in [0.15, 0.2) is 30.0 Å². The van der Waals surface area contributed by atoms with Crippen LogP contribution < -0.4 is 0 Å². The van der Waals surface area contributed by atoms with Gasteiger partial charge in [-0.1, -0.05) is 31.5 Å². The molecule has 0 spiro atoms. The topological polar surface area (TPSA) is 91.4 Å². The average molecular weight is 386 g/mol. The van der Waals surface area contributed by atoms with E-state index in [1.165, 1.54) is 4.52 Å². The number of pyridine rings is 1. The zero-order valence-electron chi connectivity index (χ0n) is 15.4. The highest BCUT2D eigenvalue weighted by atomic mass is 35.5. The lowest BCUT2D eigenvalue weighted by molar-refractivity contribution is -0.124. The number of ketones is 1. The molecule has 3 rings (SSSR count). The van der Waals surface area contributed by atoms with Gasteiger partial charge >= 0.3 is 0 Å². The Morgan fingerprint density at radius 3 is 2.93 bits per heavy atom. The first-order valence-corrected chi connectivity index (χ1v) is 9.04. The number of carbonyl (C=O) groups is 2. The van der Waals surface area contributed by atoms with Gasteiger partial charge in [0.05, 0.1) is 10.6 Å². The van der Waals surface area contributed by atoms with E-state index in [0.717, 1.165) is 0 Å². The second kappa shape index (κ2) is 7.12. The third-order valence-electron chi connectivity index (χ3n) is 4.84. The lowest BCUT2D eigenvalue weighted by Crippen LogP contribution is -2.34. The summed E-state index contributed by atoms with van der Waals surface area (Å²) in [5.41, 5.74) is 0.0828. The summed E-state index contributed by atoms with van der Waals surface area (Å²) in [5.74, 6) is -0.272. The van der Waals surface area contributed by atoms with Crippen LogP contribution in [0, 0.1) is 22.7 Å². The average Bonchev–Trinajstić information content (AvgIpc) is 3.07. The van der Waals surface area contributed by atoms with E-state index in [2.05, 4.69) is 10.1 Å². The van der Waals surface area contributed by atoms with E-state index in [4.69, 9.17) is 11.6 Å². The van der Waals surface area contributed by atoms with E-state index in [0.29, 0.717) is 30.1 Å². The number of amides is 1. The fourth-order valence-electron chi connectivity index (χ4n) is 3.35. The number of halogens is 1. The molecule has 1 unspecified atom stereocenters. The molecule has 1 aliphatic rings. The first-order valence-electron chi connectivity index (χ1n) is 8.66. The Balaban J connectivity index is 1.70. The lowest BCUT2D eigenvalue weighted by atomic mass is 9.71. The molecule has 0 saturated carbocycles. The summed E-state index contributed by atoms with van der Waals surface area (Å²) in [5, 5.41) is 13.8. The van der Waals surface area contributed by atoms with Crippen LogP contribution in [-0.4, -0.2) is 44.8 Å². The standard InChI is InChI=1S/C19H20ClN5O2/c1-19(2)10-12(9-13(11-21)15(19)26)6-8-24(3)18(27)16-22-17-14(20)5-4-7-25(17)23-16/h4-5,7,9,12H,6,8,10H2,1-3H3. The molecule has 0 N–H and O–H groups in total. The fraction of sp³-hybridized carbons (Fsp3) is 0.421. The molecule has 8 heteroatoms. The Morgan fingerprint density at radius 2 is 2.26 bits per heavy atom. The Hall–Kier alpha value is -2.72. The summed E-state index contributed by atoms with van der Waals surface area (Å²) < 4.78 is 1.47. The molecule has 0 bridgehead atoms. The van der Waals surface area contributed by atoms with Gasteiger partial charge in [-0.3, -0.25) is 9.59 Å². The van der Waals surface area contributed by atoms with Crippen molar-refractivity contribution in [2.24, 2.45) is 11.3 Å². The molecule has 1 aliphatic carbocycles. The number of rotatable bonds is 4. The van der Waals surface area contributed by atoms with Crippen molar-refractivity contribution in [1.29, 1.82) is 5.26 Å². The maximum Gasteiger partial charge on any atom is 0.293 e. The highest BCUT2D eigenvalue weighted by Crippen LogP contribution is 2.36. The Labute approximate surface area is 162 Å². The molecule has 2 heterocycles. The quantitative estimate of drug-likeness (QED) is 0.806. The summed E-state index contributed by atoms with van der Waals surface area (Å²) in [7, 11) is 1.68. The van der Waals surface area contributed by atoms with Crippen LogP contribution in [-0.2, 0) is 4.79 Å². The van der Waals surface area contributed by atoms with Crippen LogP contribution in [0.1, 0.15) is 37.3 Å². The van der Waals surface area contributed by atoms with Crippen LogP contribution in [0.5, 0.6) is 0 Å². The first-order chi connectivity index (χ1) is 12.7. The van der Waals surface area contributed by atoms with Crippen LogP contribution in [0.25, 0.3) is 5.65 Å². The molecule has 0 fully saturated rings. The minimum atomic E-state index is -0.563. The molecule has 2 aromatic heterocycles. The van der Waals surface area contributed by atoms with Gasteiger partial charge in [0.2, 0.25) is 5.82 Å². The molecule has 0 saturated heterocycles. The highest BCUT2D eigenvalue weighted by Gasteiger charge is 2.37. The summed E-state index contributed by atoms with van der Waals surface area (Å²) in [6.45, 7) is 4.17. The van der Waals surface area contributed by atoms with Crippen LogP contribution in [0.2, 0.25) is 5.02 Å². The number of allylic oxidation sites excluding steroid dienone is 2. The largest absolute Gasteiger partial charge is 0.339 e. The van der Waals surface area contributed by atoms with Crippen LogP contribution >= 0.6 is 11.6 Å². The molecule has 1 amide bonds. The Kier molecular flexibility index (Phi) is 5.03. The number of carbonyl (C=O) groups excluding carboxylic acids is 2. The smallest absolute Gasteiger partial charge is 0.293 e. The van der Waals surface area contributed by atoms with Crippen molar-refractivity contribution < 1.29 is 9.59 Å². The number of nitriles is 1. The third kappa shape index (κ3) is 3.71. The van der Waals surface area contributed by atoms with Gasteiger partial charge in [-0.05, 0) is 30.9 Å². The minimum absolute atomic E-state index is 0.0612. The second-order valence-electron chi connectivity index (χ2n) is 7.44. The Morgan fingerprint density at radius 1 is 1.52 bits per heavy atom. The monoisotopic (exact) mass is 385 g/mol. The maximum absolute atomic E-state index is 12.6. The molecule has 2 aromatic rings. The van der Waals surface area contributed by atoms with Crippen molar-refractivity contribution >= 4 is 28.9 Å². The third-order valence-corrected chi connectivity index (χ3v) is 5.14. The molecular weight excluding hydrogens is 366 g/mol. The number of hydrogen-bond acceptors (Lipinski definition) is 5. The van der Waals surface area contributed by atoms with Gasteiger partial charge < -0.3 is 4.90 Å².